The highest BCUT2D eigenvalue weighted by atomic mass is 16.5. The van der Waals surface area contributed by atoms with Gasteiger partial charge in [-0.3, -0.25) is 0 Å². The van der Waals surface area contributed by atoms with E-state index in [1.54, 1.807) is 7.11 Å². The van der Waals surface area contributed by atoms with Gasteiger partial charge in [-0.05, 0) is 31.7 Å². The van der Waals surface area contributed by atoms with Crippen molar-refractivity contribution in [2.24, 2.45) is 0 Å². The minimum absolute atomic E-state index is 0.00108. The third-order valence-corrected chi connectivity index (χ3v) is 4.81. The van der Waals surface area contributed by atoms with Crippen LogP contribution >= 0.6 is 0 Å². The van der Waals surface area contributed by atoms with Crippen LogP contribution in [-0.4, -0.2) is 42.0 Å². The summed E-state index contributed by atoms with van der Waals surface area (Å²) >= 11 is 0. The average molecular weight is 343 g/mol. The summed E-state index contributed by atoms with van der Waals surface area (Å²) in [5.41, 5.74) is 1.32. The topological polar surface area (TPSA) is 48.3 Å². The molecule has 136 valence electrons. The van der Waals surface area contributed by atoms with Gasteiger partial charge in [0, 0.05) is 44.7 Å². The first kappa shape index (κ1) is 18.1. The molecule has 1 saturated heterocycles. The Kier molecular flexibility index (Phi) is 6.62. The Bertz CT molecular complexity index is 629. The third kappa shape index (κ3) is 4.69. The van der Waals surface area contributed by atoms with Crippen LogP contribution < -0.4 is 5.32 Å². The highest BCUT2D eigenvalue weighted by Crippen LogP contribution is 2.28. The Balaban J connectivity index is 1.72. The summed E-state index contributed by atoms with van der Waals surface area (Å²) < 4.78 is 13.8. The molecule has 2 heterocycles. The van der Waals surface area contributed by atoms with E-state index >= 15 is 0 Å². The molecule has 1 aliphatic heterocycles. The molecule has 0 saturated carbocycles. The van der Waals surface area contributed by atoms with Crippen LogP contribution in [0.5, 0.6) is 0 Å². The normalized spacial score (nSPS) is 22.0. The van der Waals surface area contributed by atoms with Gasteiger partial charge in [-0.2, -0.15) is 0 Å². The molecule has 0 bridgehead atoms. The van der Waals surface area contributed by atoms with Crippen LogP contribution in [0.3, 0.4) is 0 Å². The van der Waals surface area contributed by atoms with Gasteiger partial charge in [-0.1, -0.05) is 30.3 Å². The molecular formula is C20H29N3O2. The molecule has 0 aliphatic carbocycles. The number of rotatable bonds is 8. The molecule has 5 heteroatoms. The fourth-order valence-corrected chi connectivity index (χ4v) is 3.62. The Morgan fingerprint density at radius 1 is 1.36 bits per heavy atom. The smallest absolute Gasteiger partial charge is 0.139 e. The second kappa shape index (κ2) is 9.13. The van der Waals surface area contributed by atoms with Crippen molar-refractivity contribution in [2.45, 2.75) is 50.9 Å². The lowest BCUT2D eigenvalue weighted by atomic mass is 9.98. The zero-order valence-corrected chi connectivity index (χ0v) is 15.2. The van der Waals surface area contributed by atoms with E-state index in [0.717, 1.165) is 38.2 Å². The van der Waals surface area contributed by atoms with Gasteiger partial charge in [-0.25, -0.2) is 4.98 Å². The average Bonchev–Trinajstić information content (AvgIpc) is 3.12. The van der Waals surface area contributed by atoms with E-state index in [9.17, 15) is 0 Å². The predicted molar refractivity (Wildman–Crippen MR) is 98.6 cm³/mol. The SMILES string of the molecule is CCn1ccnc1[C@H]1OCCC[C@@H]1N[C@H](COC)Cc1ccccc1. The summed E-state index contributed by atoms with van der Waals surface area (Å²) in [7, 11) is 1.76. The van der Waals surface area contributed by atoms with Gasteiger partial charge >= 0.3 is 0 Å². The predicted octanol–water partition coefficient (Wildman–Crippen LogP) is 2.97. The first-order chi connectivity index (χ1) is 12.3. The summed E-state index contributed by atoms with van der Waals surface area (Å²) in [5, 5.41) is 3.79. The molecule has 0 radical (unpaired) electrons. The molecule has 1 fully saturated rings. The van der Waals surface area contributed by atoms with Crippen LogP contribution in [0.4, 0.5) is 0 Å². The van der Waals surface area contributed by atoms with Crippen molar-refractivity contribution < 1.29 is 9.47 Å². The van der Waals surface area contributed by atoms with Gasteiger partial charge in [0.05, 0.1) is 6.61 Å². The molecule has 0 unspecified atom stereocenters. The molecule has 5 nitrogen and oxygen atoms in total. The number of nitrogens with one attached hydrogen (secondary N) is 1. The largest absolute Gasteiger partial charge is 0.383 e. The summed E-state index contributed by atoms with van der Waals surface area (Å²) in [5.74, 6) is 1.02. The lowest BCUT2D eigenvalue weighted by Gasteiger charge is -2.35. The molecule has 1 aromatic carbocycles. The van der Waals surface area contributed by atoms with Crippen molar-refractivity contribution in [2.75, 3.05) is 20.3 Å². The van der Waals surface area contributed by atoms with E-state index in [4.69, 9.17) is 9.47 Å². The van der Waals surface area contributed by atoms with Crippen molar-refractivity contribution in [3.8, 4) is 0 Å². The van der Waals surface area contributed by atoms with Gasteiger partial charge < -0.3 is 19.4 Å². The molecule has 1 aromatic heterocycles. The second-order valence-corrected chi connectivity index (χ2v) is 6.62. The zero-order chi connectivity index (χ0) is 17.5. The molecule has 2 aromatic rings. The van der Waals surface area contributed by atoms with E-state index in [1.807, 2.05) is 12.4 Å². The maximum atomic E-state index is 6.12. The summed E-state index contributed by atoms with van der Waals surface area (Å²) in [6.45, 7) is 4.53. The standard InChI is InChI=1S/C20H29N3O2/c1-3-23-12-11-21-20(23)19-18(10-7-13-25-19)22-17(15-24-2)14-16-8-5-4-6-9-16/h4-6,8-9,11-12,17-19,22H,3,7,10,13-15H2,1-2H3/t17-,18-,19-/m0/s1. The number of aryl methyl sites for hydroxylation is 1. The molecular weight excluding hydrogens is 314 g/mol. The Morgan fingerprint density at radius 2 is 2.20 bits per heavy atom. The molecule has 25 heavy (non-hydrogen) atoms. The van der Waals surface area contributed by atoms with E-state index in [-0.39, 0.29) is 18.2 Å². The van der Waals surface area contributed by atoms with Crippen LogP contribution in [0.2, 0.25) is 0 Å². The van der Waals surface area contributed by atoms with Crippen molar-refractivity contribution in [3.05, 3.63) is 54.1 Å². The number of hydrogen-bond acceptors (Lipinski definition) is 4. The summed E-state index contributed by atoms with van der Waals surface area (Å²) in [6, 6.07) is 11.1. The first-order valence-corrected chi connectivity index (χ1v) is 9.23. The van der Waals surface area contributed by atoms with Crippen LogP contribution in [0.1, 0.15) is 37.3 Å². The van der Waals surface area contributed by atoms with Gasteiger partial charge in [0.25, 0.3) is 0 Å². The molecule has 1 N–H and O–H groups in total. The quantitative estimate of drug-likeness (QED) is 0.800. The fraction of sp³-hybridized carbons (Fsp3) is 0.550. The number of methoxy groups -OCH3 is 1. The van der Waals surface area contributed by atoms with Gasteiger partial charge in [-0.15, -0.1) is 0 Å². The van der Waals surface area contributed by atoms with E-state index < -0.39 is 0 Å². The minimum atomic E-state index is -0.00108. The number of aromatic nitrogens is 2. The summed E-state index contributed by atoms with van der Waals surface area (Å²) in [6.07, 6.45) is 7.01. The molecule has 3 rings (SSSR count). The van der Waals surface area contributed by atoms with Crippen molar-refractivity contribution in [3.63, 3.8) is 0 Å². The summed E-state index contributed by atoms with van der Waals surface area (Å²) in [4.78, 5) is 4.56. The third-order valence-electron chi connectivity index (χ3n) is 4.81. The van der Waals surface area contributed by atoms with E-state index in [1.165, 1.54) is 5.56 Å². The fourth-order valence-electron chi connectivity index (χ4n) is 3.62. The van der Waals surface area contributed by atoms with Gasteiger partial charge in [0.2, 0.25) is 0 Å². The highest BCUT2D eigenvalue weighted by Gasteiger charge is 2.32. The van der Waals surface area contributed by atoms with Crippen LogP contribution in [0, 0.1) is 0 Å². The Morgan fingerprint density at radius 3 is 2.96 bits per heavy atom. The van der Waals surface area contributed by atoms with Crippen molar-refractivity contribution in [1.82, 2.24) is 14.9 Å². The zero-order valence-electron chi connectivity index (χ0n) is 15.2. The molecule has 0 spiro atoms. The van der Waals surface area contributed by atoms with E-state index in [0.29, 0.717) is 6.61 Å². The molecule has 0 amide bonds. The minimum Gasteiger partial charge on any atom is -0.383 e. The van der Waals surface area contributed by atoms with Crippen LogP contribution in [0.15, 0.2) is 42.7 Å². The van der Waals surface area contributed by atoms with Crippen LogP contribution in [0.25, 0.3) is 0 Å². The maximum absolute atomic E-state index is 6.12. The van der Waals surface area contributed by atoms with Crippen LogP contribution in [-0.2, 0) is 22.4 Å². The highest BCUT2D eigenvalue weighted by molar-refractivity contribution is 5.16. The monoisotopic (exact) mass is 343 g/mol. The Labute approximate surface area is 150 Å². The van der Waals surface area contributed by atoms with Gasteiger partial charge in [0.15, 0.2) is 0 Å². The number of benzene rings is 1. The lowest BCUT2D eigenvalue weighted by Crippen LogP contribution is -2.48. The molecule has 1 aliphatic rings. The number of imidazole rings is 1. The maximum Gasteiger partial charge on any atom is 0.139 e. The van der Waals surface area contributed by atoms with Crippen molar-refractivity contribution >= 4 is 0 Å². The number of ether oxygens (including phenoxy) is 2. The van der Waals surface area contributed by atoms with E-state index in [2.05, 4.69) is 52.1 Å². The van der Waals surface area contributed by atoms with Crippen molar-refractivity contribution in [1.29, 1.82) is 0 Å². The number of nitrogens with zero attached hydrogens (tertiary/aromatic N) is 2. The number of hydrogen-bond donors (Lipinski definition) is 1. The molecule has 3 atom stereocenters. The first-order valence-electron chi connectivity index (χ1n) is 9.23. The second-order valence-electron chi connectivity index (χ2n) is 6.62. The lowest BCUT2D eigenvalue weighted by molar-refractivity contribution is -0.0235. The van der Waals surface area contributed by atoms with Gasteiger partial charge in [0.1, 0.15) is 11.9 Å². The Hall–Kier alpha value is -1.69.